The van der Waals surface area contributed by atoms with Crippen LogP contribution in [0.5, 0.6) is 0 Å². The monoisotopic (exact) mass is 378 g/mol. The van der Waals surface area contributed by atoms with Crippen LogP contribution in [0.25, 0.3) is 0 Å². The van der Waals surface area contributed by atoms with Gasteiger partial charge in [0.15, 0.2) is 5.11 Å². The first-order valence-electron chi connectivity index (χ1n) is 7.55. The fraction of sp³-hybridized carbons (Fsp3) is 0.235. The van der Waals surface area contributed by atoms with E-state index in [1.807, 2.05) is 30.3 Å². The zero-order chi connectivity index (χ0) is 18.2. The first kappa shape index (κ1) is 18.9. The molecule has 1 heterocycles. The molecule has 0 bridgehead atoms. The average molecular weight is 378 g/mol. The van der Waals surface area contributed by atoms with Gasteiger partial charge in [-0.25, -0.2) is 9.59 Å². The van der Waals surface area contributed by atoms with E-state index in [1.165, 1.54) is 11.3 Å². The van der Waals surface area contributed by atoms with Crippen molar-refractivity contribution in [1.29, 1.82) is 0 Å². The molecule has 0 fully saturated rings. The van der Waals surface area contributed by atoms with Crippen molar-refractivity contribution in [3.63, 3.8) is 0 Å². The van der Waals surface area contributed by atoms with Gasteiger partial charge in [-0.3, -0.25) is 5.32 Å². The number of aryl methyl sites for hydroxylation is 1. The third-order valence-electron chi connectivity index (χ3n) is 3.04. The second-order valence-corrected chi connectivity index (χ2v) is 6.44. The molecule has 1 aromatic heterocycles. The van der Waals surface area contributed by atoms with Crippen molar-refractivity contribution in [3.8, 4) is 0 Å². The van der Waals surface area contributed by atoms with Gasteiger partial charge < -0.3 is 14.8 Å². The third kappa shape index (κ3) is 5.84. The summed E-state index contributed by atoms with van der Waals surface area (Å²) in [4.78, 5) is 24.1. The van der Waals surface area contributed by atoms with Crippen molar-refractivity contribution in [1.82, 2.24) is 5.32 Å². The number of benzene rings is 1. The van der Waals surface area contributed by atoms with Crippen molar-refractivity contribution < 1.29 is 19.1 Å². The third-order valence-corrected chi connectivity index (χ3v) is 4.38. The second-order valence-electron chi connectivity index (χ2n) is 4.98. The van der Waals surface area contributed by atoms with Gasteiger partial charge in [0.2, 0.25) is 0 Å². The Labute approximate surface area is 155 Å². The zero-order valence-electron chi connectivity index (χ0n) is 13.8. The summed E-state index contributed by atoms with van der Waals surface area (Å²) in [6.45, 7) is 4.02. The van der Waals surface area contributed by atoms with E-state index in [1.54, 1.807) is 19.9 Å². The van der Waals surface area contributed by atoms with Gasteiger partial charge in [-0.05, 0) is 43.3 Å². The fourth-order valence-electron chi connectivity index (χ4n) is 1.94. The molecule has 132 valence electrons. The molecule has 0 spiro atoms. The molecule has 2 aromatic rings. The zero-order valence-corrected chi connectivity index (χ0v) is 15.5. The summed E-state index contributed by atoms with van der Waals surface area (Å²) < 4.78 is 10.1. The minimum Gasteiger partial charge on any atom is -0.462 e. The van der Waals surface area contributed by atoms with Gasteiger partial charge in [0.25, 0.3) is 0 Å². The van der Waals surface area contributed by atoms with Crippen LogP contribution in [-0.4, -0.2) is 23.8 Å². The van der Waals surface area contributed by atoms with E-state index in [-0.39, 0.29) is 17.7 Å². The lowest BCUT2D eigenvalue weighted by atomic mass is 10.2. The highest BCUT2D eigenvalue weighted by molar-refractivity contribution is 7.80. The van der Waals surface area contributed by atoms with Crippen LogP contribution in [0.3, 0.4) is 0 Å². The summed E-state index contributed by atoms with van der Waals surface area (Å²) in [6, 6.07) is 11.1. The van der Waals surface area contributed by atoms with Crippen molar-refractivity contribution in [2.75, 3.05) is 11.9 Å². The van der Waals surface area contributed by atoms with E-state index in [9.17, 15) is 9.59 Å². The molecule has 0 radical (unpaired) electrons. The maximum absolute atomic E-state index is 11.8. The number of esters is 1. The molecule has 0 saturated heterocycles. The summed E-state index contributed by atoms with van der Waals surface area (Å²) in [5.41, 5.74) is 1.66. The Morgan fingerprint density at radius 2 is 1.92 bits per heavy atom. The molecule has 0 atom stereocenters. The van der Waals surface area contributed by atoms with Crippen LogP contribution in [0.1, 0.15) is 27.7 Å². The summed E-state index contributed by atoms with van der Waals surface area (Å²) in [5, 5.41) is 6.02. The molecule has 1 amide bonds. The number of thiocarbonyl (C=S) groups is 1. The van der Waals surface area contributed by atoms with E-state index in [2.05, 4.69) is 10.6 Å². The molecule has 0 aliphatic heterocycles. The lowest BCUT2D eigenvalue weighted by Gasteiger charge is -2.08. The van der Waals surface area contributed by atoms with Crippen LogP contribution in [0.15, 0.2) is 36.4 Å². The van der Waals surface area contributed by atoms with Crippen molar-refractivity contribution in [3.05, 3.63) is 52.4 Å². The molecule has 0 unspecified atom stereocenters. The standard InChI is InChI=1S/C17H18N2O4S2/c1-3-22-15(20)14-11(2)9-13(25-14)18-16(24)19-17(21)23-10-12-7-5-4-6-8-12/h4-9H,3,10H2,1-2H3,(H2,18,19,21,24). The Balaban J connectivity index is 1.84. The van der Waals surface area contributed by atoms with E-state index in [4.69, 9.17) is 21.7 Å². The lowest BCUT2D eigenvalue weighted by Crippen LogP contribution is -2.34. The first-order valence-corrected chi connectivity index (χ1v) is 8.78. The average Bonchev–Trinajstić information content (AvgIpc) is 2.94. The SMILES string of the molecule is CCOC(=O)c1sc(NC(=S)NC(=O)OCc2ccccc2)cc1C. The largest absolute Gasteiger partial charge is 0.462 e. The van der Waals surface area contributed by atoms with Crippen LogP contribution in [0.2, 0.25) is 0 Å². The van der Waals surface area contributed by atoms with E-state index >= 15 is 0 Å². The Bertz CT molecular complexity index is 759. The van der Waals surface area contributed by atoms with Crippen LogP contribution >= 0.6 is 23.6 Å². The molecule has 2 rings (SSSR count). The van der Waals surface area contributed by atoms with E-state index in [0.717, 1.165) is 11.1 Å². The summed E-state index contributed by atoms with van der Waals surface area (Å²) in [5.74, 6) is -0.376. The molecule has 8 heteroatoms. The lowest BCUT2D eigenvalue weighted by molar-refractivity contribution is 0.0531. The van der Waals surface area contributed by atoms with Gasteiger partial charge in [0.05, 0.1) is 11.6 Å². The minimum absolute atomic E-state index is 0.0923. The van der Waals surface area contributed by atoms with Crippen LogP contribution in [0.4, 0.5) is 9.80 Å². The predicted octanol–water partition coefficient (Wildman–Crippen LogP) is 3.86. The van der Waals surface area contributed by atoms with Crippen molar-refractivity contribution in [2.45, 2.75) is 20.5 Å². The first-order chi connectivity index (χ1) is 12.0. The topological polar surface area (TPSA) is 76.7 Å². The highest BCUT2D eigenvalue weighted by atomic mass is 32.1. The molecule has 1 aromatic carbocycles. The number of anilines is 1. The molecule has 25 heavy (non-hydrogen) atoms. The summed E-state index contributed by atoms with van der Waals surface area (Å²) >= 11 is 6.29. The van der Waals surface area contributed by atoms with Gasteiger partial charge in [0.1, 0.15) is 11.5 Å². The molecular weight excluding hydrogens is 360 g/mol. The molecule has 2 N–H and O–H groups in total. The Kier molecular flexibility index (Phi) is 6.91. The fourth-order valence-corrected chi connectivity index (χ4v) is 3.17. The van der Waals surface area contributed by atoms with E-state index in [0.29, 0.717) is 16.5 Å². The number of nitrogens with one attached hydrogen (secondary N) is 2. The highest BCUT2D eigenvalue weighted by Crippen LogP contribution is 2.27. The molecule has 0 aliphatic carbocycles. The van der Waals surface area contributed by atoms with Crippen LogP contribution in [-0.2, 0) is 16.1 Å². The summed E-state index contributed by atoms with van der Waals surface area (Å²) in [6.07, 6.45) is -0.653. The molecule has 0 saturated carbocycles. The molecule has 6 nitrogen and oxygen atoms in total. The molecular formula is C17H18N2O4S2. The summed E-state index contributed by atoms with van der Waals surface area (Å²) in [7, 11) is 0. The Hall–Kier alpha value is -2.45. The highest BCUT2D eigenvalue weighted by Gasteiger charge is 2.15. The maximum Gasteiger partial charge on any atom is 0.413 e. The predicted molar refractivity (Wildman–Crippen MR) is 101 cm³/mol. The number of carbonyl (C=O) groups excluding carboxylic acids is 2. The van der Waals surface area contributed by atoms with Gasteiger partial charge in [-0.2, -0.15) is 0 Å². The van der Waals surface area contributed by atoms with Gasteiger partial charge in [-0.15, -0.1) is 11.3 Å². The Morgan fingerprint density at radius 3 is 2.60 bits per heavy atom. The van der Waals surface area contributed by atoms with Crippen molar-refractivity contribution >= 4 is 45.7 Å². The number of alkyl carbamates (subject to hydrolysis) is 1. The number of amides is 1. The normalized spacial score (nSPS) is 10.0. The minimum atomic E-state index is -0.653. The number of carbonyl (C=O) groups is 2. The van der Waals surface area contributed by atoms with Crippen LogP contribution in [0, 0.1) is 6.92 Å². The number of thiophene rings is 1. The molecule has 0 aliphatic rings. The number of hydrogen-bond donors (Lipinski definition) is 2. The Morgan fingerprint density at radius 1 is 1.20 bits per heavy atom. The van der Waals surface area contributed by atoms with Crippen molar-refractivity contribution in [2.24, 2.45) is 0 Å². The van der Waals surface area contributed by atoms with Gasteiger partial charge >= 0.3 is 12.1 Å². The number of rotatable bonds is 5. The maximum atomic E-state index is 11.8. The van der Waals surface area contributed by atoms with Gasteiger partial charge in [-0.1, -0.05) is 30.3 Å². The van der Waals surface area contributed by atoms with E-state index < -0.39 is 6.09 Å². The van der Waals surface area contributed by atoms with Gasteiger partial charge in [0, 0.05) is 0 Å². The number of hydrogen-bond acceptors (Lipinski definition) is 6. The quantitative estimate of drug-likeness (QED) is 0.608. The smallest absolute Gasteiger partial charge is 0.413 e. The number of ether oxygens (including phenoxy) is 2. The van der Waals surface area contributed by atoms with Crippen LogP contribution < -0.4 is 10.6 Å². The second kappa shape index (κ2) is 9.14.